The summed E-state index contributed by atoms with van der Waals surface area (Å²) in [5.74, 6) is 0. The van der Waals surface area contributed by atoms with E-state index in [9.17, 15) is 0 Å². The van der Waals surface area contributed by atoms with Crippen molar-refractivity contribution in [2.45, 2.75) is 19.4 Å². The van der Waals surface area contributed by atoms with Gasteiger partial charge in [0.25, 0.3) is 0 Å². The highest BCUT2D eigenvalue weighted by atomic mass is 32.1. The van der Waals surface area contributed by atoms with Crippen LogP contribution in [0.1, 0.15) is 29.1 Å². The fourth-order valence-corrected chi connectivity index (χ4v) is 2.88. The van der Waals surface area contributed by atoms with Gasteiger partial charge in [-0.3, -0.25) is 0 Å². The van der Waals surface area contributed by atoms with Gasteiger partial charge in [-0.05, 0) is 35.9 Å². The van der Waals surface area contributed by atoms with E-state index in [4.69, 9.17) is 0 Å². The molecule has 2 aromatic heterocycles. The molecule has 2 heterocycles. The van der Waals surface area contributed by atoms with Gasteiger partial charge >= 0.3 is 0 Å². The van der Waals surface area contributed by atoms with Gasteiger partial charge in [0.1, 0.15) is 0 Å². The number of hydrogen-bond donors (Lipinski definition) is 1. The Labute approximate surface area is 97.3 Å². The molecular formula is C10H13N3S2. The molecule has 3 nitrogen and oxygen atoms in total. The zero-order valence-corrected chi connectivity index (χ0v) is 10.1. The van der Waals surface area contributed by atoms with E-state index in [1.165, 1.54) is 21.3 Å². The second kappa shape index (κ2) is 5.34. The Balaban J connectivity index is 2.17. The SMILES string of the molecule is CCCNC(c1cccs1)c1cnns1. The zero-order chi connectivity index (χ0) is 10.5. The molecule has 0 aliphatic heterocycles. The Morgan fingerprint density at radius 3 is 3.00 bits per heavy atom. The van der Waals surface area contributed by atoms with E-state index in [1.807, 2.05) is 6.20 Å². The lowest BCUT2D eigenvalue weighted by Crippen LogP contribution is -2.21. The Hall–Kier alpha value is -0.780. The molecule has 0 saturated heterocycles. The van der Waals surface area contributed by atoms with Crippen LogP contribution in [0.5, 0.6) is 0 Å². The van der Waals surface area contributed by atoms with Crippen molar-refractivity contribution in [1.82, 2.24) is 14.9 Å². The predicted octanol–water partition coefficient (Wildman–Crippen LogP) is 2.69. The molecule has 1 atom stereocenters. The molecule has 0 spiro atoms. The summed E-state index contributed by atoms with van der Waals surface area (Å²) >= 11 is 3.23. The van der Waals surface area contributed by atoms with Crippen molar-refractivity contribution in [2.24, 2.45) is 0 Å². The van der Waals surface area contributed by atoms with Crippen molar-refractivity contribution < 1.29 is 0 Å². The molecule has 1 unspecified atom stereocenters. The second-order valence-corrected chi connectivity index (χ2v) is 5.02. The van der Waals surface area contributed by atoms with Crippen LogP contribution in [0.2, 0.25) is 0 Å². The van der Waals surface area contributed by atoms with Crippen LogP contribution >= 0.6 is 22.9 Å². The predicted molar refractivity (Wildman–Crippen MR) is 64.4 cm³/mol. The number of rotatable bonds is 5. The van der Waals surface area contributed by atoms with Crippen LogP contribution in [0, 0.1) is 0 Å². The molecule has 1 N–H and O–H groups in total. The van der Waals surface area contributed by atoms with E-state index in [0.717, 1.165) is 13.0 Å². The van der Waals surface area contributed by atoms with Gasteiger partial charge in [-0.1, -0.05) is 17.5 Å². The summed E-state index contributed by atoms with van der Waals surface area (Å²) in [4.78, 5) is 2.51. The smallest absolute Gasteiger partial charge is 0.0797 e. The molecule has 0 aromatic carbocycles. The van der Waals surface area contributed by atoms with Gasteiger partial charge < -0.3 is 5.32 Å². The van der Waals surface area contributed by atoms with E-state index >= 15 is 0 Å². The van der Waals surface area contributed by atoms with Crippen molar-refractivity contribution >= 4 is 22.9 Å². The maximum absolute atomic E-state index is 3.92. The molecular weight excluding hydrogens is 226 g/mol. The highest BCUT2D eigenvalue weighted by Gasteiger charge is 2.16. The van der Waals surface area contributed by atoms with Gasteiger partial charge in [-0.25, -0.2) is 0 Å². The summed E-state index contributed by atoms with van der Waals surface area (Å²) < 4.78 is 3.92. The van der Waals surface area contributed by atoms with E-state index in [1.54, 1.807) is 11.3 Å². The highest BCUT2D eigenvalue weighted by molar-refractivity contribution is 7.10. The summed E-state index contributed by atoms with van der Waals surface area (Å²) in [6.07, 6.45) is 2.98. The Morgan fingerprint density at radius 1 is 1.47 bits per heavy atom. The monoisotopic (exact) mass is 239 g/mol. The van der Waals surface area contributed by atoms with Crippen molar-refractivity contribution in [3.8, 4) is 0 Å². The zero-order valence-electron chi connectivity index (χ0n) is 8.51. The van der Waals surface area contributed by atoms with Gasteiger partial charge in [0.2, 0.25) is 0 Å². The maximum Gasteiger partial charge on any atom is 0.0797 e. The van der Waals surface area contributed by atoms with Crippen LogP contribution in [-0.2, 0) is 0 Å². The van der Waals surface area contributed by atoms with Crippen LogP contribution in [0.4, 0.5) is 0 Å². The normalized spacial score (nSPS) is 12.9. The Bertz CT molecular complexity index is 335. The standard InChI is InChI=1S/C10H13N3S2/c1-2-5-11-10(8-4-3-6-14-8)9-7-12-13-15-9/h3-4,6-7,10-11H,2,5H2,1H3. The molecule has 0 fully saturated rings. The fraction of sp³-hybridized carbons (Fsp3) is 0.400. The third kappa shape index (κ3) is 2.62. The summed E-state index contributed by atoms with van der Waals surface area (Å²) in [6, 6.07) is 4.50. The minimum Gasteiger partial charge on any atom is -0.305 e. The first-order chi connectivity index (χ1) is 7.42. The molecule has 0 saturated carbocycles. The average molecular weight is 239 g/mol. The first-order valence-corrected chi connectivity index (χ1v) is 6.61. The lowest BCUT2D eigenvalue weighted by molar-refractivity contribution is 0.612. The molecule has 5 heteroatoms. The topological polar surface area (TPSA) is 37.8 Å². The van der Waals surface area contributed by atoms with E-state index in [0.29, 0.717) is 0 Å². The van der Waals surface area contributed by atoms with Crippen LogP contribution in [0.25, 0.3) is 0 Å². The largest absolute Gasteiger partial charge is 0.305 e. The van der Waals surface area contributed by atoms with Gasteiger partial charge in [0.15, 0.2) is 0 Å². The highest BCUT2D eigenvalue weighted by Crippen LogP contribution is 2.27. The lowest BCUT2D eigenvalue weighted by Gasteiger charge is -2.14. The fourth-order valence-electron chi connectivity index (χ4n) is 1.39. The number of hydrogen-bond acceptors (Lipinski definition) is 5. The van der Waals surface area contributed by atoms with Crippen LogP contribution in [0.3, 0.4) is 0 Å². The van der Waals surface area contributed by atoms with Crippen LogP contribution in [-0.4, -0.2) is 16.1 Å². The van der Waals surface area contributed by atoms with Crippen LogP contribution < -0.4 is 5.32 Å². The van der Waals surface area contributed by atoms with E-state index in [-0.39, 0.29) is 6.04 Å². The first kappa shape index (κ1) is 10.7. The van der Waals surface area contributed by atoms with Crippen molar-refractivity contribution in [3.05, 3.63) is 33.5 Å². The van der Waals surface area contributed by atoms with Crippen molar-refractivity contribution in [1.29, 1.82) is 0 Å². The Kier molecular flexibility index (Phi) is 3.82. The molecule has 0 aliphatic rings. The maximum atomic E-state index is 3.92. The molecule has 0 radical (unpaired) electrons. The summed E-state index contributed by atoms with van der Waals surface area (Å²) in [5, 5.41) is 9.51. The summed E-state index contributed by atoms with van der Waals surface area (Å²) in [7, 11) is 0. The van der Waals surface area contributed by atoms with E-state index in [2.05, 4.69) is 39.3 Å². The van der Waals surface area contributed by atoms with Gasteiger partial charge in [0, 0.05) is 4.88 Å². The van der Waals surface area contributed by atoms with Crippen molar-refractivity contribution in [2.75, 3.05) is 6.54 Å². The number of nitrogens with zero attached hydrogens (tertiary/aromatic N) is 2. The molecule has 0 bridgehead atoms. The number of nitrogens with one attached hydrogen (secondary N) is 1. The first-order valence-electron chi connectivity index (χ1n) is 4.96. The van der Waals surface area contributed by atoms with Gasteiger partial charge in [-0.2, -0.15) is 0 Å². The van der Waals surface area contributed by atoms with Crippen LogP contribution in [0.15, 0.2) is 23.7 Å². The van der Waals surface area contributed by atoms with E-state index < -0.39 is 0 Å². The van der Waals surface area contributed by atoms with Crippen molar-refractivity contribution in [3.63, 3.8) is 0 Å². The Morgan fingerprint density at radius 2 is 2.40 bits per heavy atom. The molecule has 80 valence electrons. The van der Waals surface area contributed by atoms with Gasteiger partial charge in [-0.15, -0.1) is 16.4 Å². The molecule has 15 heavy (non-hydrogen) atoms. The minimum atomic E-state index is 0.268. The van der Waals surface area contributed by atoms with Gasteiger partial charge in [0.05, 0.1) is 17.1 Å². The minimum absolute atomic E-state index is 0.268. The molecule has 0 aliphatic carbocycles. The summed E-state index contributed by atoms with van der Waals surface area (Å²) in [5.41, 5.74) is 0. The third-order valence-electron chi connectivity index (χ3n) is 2.09. The molecule has 0 amide bonds. The molecule has 2 aromatic rings. The second-order valence-electron chi connectivity index (χ2n) is 3.22. The summed E-state index contributed by atoms with van der Waals surface area (Å²) in [6.45, 7) is 3.18. The third-order valence-corrected chi connectivity index (χ3v) is 3.75. The quantitative estimate of drug-likeness (QED) is 0.871. The molecule has 2 rings (SSSR count). The average Bonchev–Trinajstić information content (AvgIpc) is 2.90. The number of thiophene rings is 1. The number of aromatic nitrogens is 2. The lowest BCUT2D eigenvalue weighted by atomic mass is 10.2.